The molecule has 0 unspecified atom stereocenters. The number of nitrogens with one attached hydrogen (secondary N) is 2. The van der Waals surface area contributed by atoms with Crippen molar-refractivity contribution in [3.05, 3.63) is 65.0 Å². The molecule has 1 amide bonds. The standard InChI is InChI=1S/C21H21N3O2S2/c1-3-11-26-17-6-4-5-16(12-17)19(25)23-20(27)24-21-22-18(13-28-21)15-9-7-14(2)8-10-15/h4-10,12-13H,3,11H2,1-2H3,(H2,22,23,24,25,27). The maximum Gasteiger partial charge on any atom is 0.257 e. The molecule has 0 aliphatic rings. The Bertz CT molecular complexity index is 968. The van der Waals surface area contributed by atoms with Gasteiger partial charge in [0.05, 0.1) is 12.3 Å². The van der Waals surface area contributed by atoms with Crippen LogP contribution in [0.1, 0.15) is 29.3 Å². The molecule has 5 nitrogen and oxygen atoms in total. The molecule has 28 heavy (non-hydrogen) atoms. The molecule has 0 saturated heterocycles. The molecule has 0 aliphatic heterocycles. The first-order valence-electron chi connectivity index (χ1n) is 8.93. The second kappa shape index (κ2) is 9.43. The van der Waals surface area contributed by atoms with E-state index in [9.17, 15) is 4.79 Å². The number of carbonyl (C=O) groups is 1. The summed E-state index contributed by atoms with van der Waals surface area (Å²) in [5, 5.41) is 8.43. The molecule has 3 rings (SSSR count). The van der Waals surface area contributed by atoms with Gasteiger partial charge >= 0.3 is 0 Å². The van der Waals surface area contributed by atoms with Gasteiger partial charge in [0, 0.05) is 16.5 Å². The van der Waals surface area contributed by atoms with Gasteiger partial charge in [0.15, 0.2) is 10.2 Å². The van der Waals surface area contributed by atoms with Crippen molar-refractivity contribution in [3.63, 3.8) is 0 Å². The number of aromatic nitrogens is 1. The number of ether oxygens (including phenoxy) is 1. The Hall–Kier alpha value is -2.77. The summed E-state index contributed by atoms with van der Waals surface area (Å²) in [5.41, 5.74) is 3.58. The summed E-state index contributed by atoms with van der Waals surface area (Å²) in [6.45, 7) is 4.69. The predicted octanol–water partition coefficient (Wildman–Crippen LogP) is 5.03. The number of carbonyl (C=O) groups excluding carboxylic acids is 1. The van der Waals surface area contributed by atoms with Gasteiger partial charge in [0.25, 0.3) is 5.91 Å². The largest absolute Gasteiger partial charge is 0.494 e. The molecule has 2 aromatic carbocycles. The Balaban J connectivity index is 1.60. The molecule has 1 heterocycles. The van der Waals surface area contributed by atoms with E-state index in [2.05, 4.69) is 15.6 Å². The van der Waals surface area contributed by atoms with Gasteiger partial charge in [-0.15, -0.1) is 11.3 Å². The maximum absolute atomic E-state index is 12.4. The lowest BCUT2D eigenvalue weighted by Crippen LogP contribution is -2.34. The number of thiocarbonyl (C=S) groups is 1. The molecule has 0 aliphatic carbocycles. The molecule has 3 aromatic rings. The second-order valence-corrected chi connectivity index (χ2v) is 7.45. The van der Waals surface area contributed by atoms with Crippen molar-refractivity contribution >= 4 is 39.7 Å². The average molecular weight is 412 g/mol. The third-order valence-corrected chi connectivity index (χ3v) is 4.83. The van der Waals surface area contributed by atoms with Crippen LogP contribution in [0.15, 0.2) is 53.9 Å². The van der Waals surface area contributed by atoms with E-state index in [1.165, 1.54) is 16.9 Å². The molecule has 1 aromatic heterocycles. The molecule has 0 radical (unpaired) electrons. The molecule has 144 valence electrons. The van der Waals surface area contributed by atoms with Crippen molar-refractivity contribution in [2.75, 3.05) is 11.9 Å². The summed E-state index contributed by atoms with van der Waals surface area (Å²) in [5.74, 6) is 0.366. The Morgan fingerprint density at radius 1 is 1.21 bits per heavy atom. The fourth-order valence-electron chi connectivity index (χ4n) is 2.44. The summed E-state index contributed by atoms with van der Waals surface area (Å²) in [6, 6.07) is 15.2. The third-order valence-electron chi connectivity index (χ3n) is 3.87. The average Bonchev–Trinajstić information content (AvgIpc) is 3.15. The van der Waals surface area contributed by atoms with Gasteiger partial charge in [-0.05, 0) is 43.8 Å². The first-order chi connectivity index (χ1) is 13.5. The zero-order valence-corrected chi connectivity index (χ0v) is 17.3. The first kappa shape index (κ1) is 20.0. The highest BCUT2D eigenvalue weighted by Gasteiger charge is 2.11. The fraction of sp³-hybridized carbons (Fsp3) is 0.190. The lowest BCUT2D eigenvalue weighted by molar-refractivity contribution is 0.0977. The van der Waals surface area contributed by atoms with Gasteiger partial charge in [-0.2, -0.15) is 0 Å². The van der Waals surface area contributed by atoms with Crippen LogP contribution in [0.3, 0.4) is 0 Å². The van der Waals surface area contributed by atoms with Gasteiger partial charge < -0.3 is 10.1 Å². The van der Waals surface area contributed by atoms with Crippen LogP contribution in [-0.2, 0) is 0 Å². The molecule has 2 N–H and O–H groups in total. The van der Waals surface area contributed by atoms with E-state index in [0.29, 0.717) is 23.1 Å². The van der Waals surface area contributed by atoms with Crippen LogP contribution < -0.4 is 15.4 Å². The second-order valence-electron chi connectivity index (χ2n) is 6.19. The van der Waals surface area contributed by atoms with Crippen LogP contribution in [0.25, 0.3) is 11.3 Å². The van der Waals surface area contributed by atoms with Crippen LogP contribution in [0.5, 0.6) is 5.75 Å². The highest BCUT2D eigenvalue weighted by Crippen LogP contribution is 2.25. The van der Waals surface area contributed by atoms with Crippen molar-refractivity contribution in [3.8, 4) is 17.0 Å². The summed E-state index contributed by atoms with van der Waals surface area (Å²) in [6.07, 6.45) is 0.906. The van der Waals surface area contributed by atoms with E-state index in [-0.39, 0.29) is 11.0 Å². The Labute approximate surface area is 173 Å². The fourth-order valence-corrected chi connectivity index (χ4v) is 3.42. The van der Waals surface area contributed by atoms with Gasteiger partial charge in [-0.3, -0.25) is 10.1 Å². The molecule has 0 atom stereocenters. The Morgan fingerprint density at radius 3 is 2.75 bits per heavy atom. The molecule has 7 heteroatoms. The minimum absolute atomic E-state index is 0.203. The number of amides is 1. The monoisotopic (exact) mass is 411 g/mol. The molecule has 0 bridgehead atoms. The van der Waals surface area contributed by atoms with Crippen molar-refractivity contribution in [2.45, 2.75) is 20.3 Å². The Kier molecular flexibility index (Phi) is 6.73. The van der Waals surface area contributed by atoms with E-state index >= 15 is 0 Å². The summed E-state index contributed by atoms with van der Waals surface area (Å²) in [4.78, 5) is 16.9. The predicted molar refractivity (Wildman–Crippen MR) is 118 cm³/mol. The van der Waals surface area contributed by atoms with Crippen LogP contribution in [-0.4, -0.2) is 22.6 Å². The van der Waals surface area contributed by atoms with Gasteiger partial charge in [-0.1, -0.05) is 42.8 Å². The normalized spacial score (nSPS) is 10.4. The van der Waals surface area contributed by atoms with Gasteiger partial charge in [-0.25, -0.2) is 4.98 Å². The SMILES string of the molecule is CCCOc1cccc(C(=O)NC(=S)Nc2nc(-c3ccc(C)cc3)cs2)c1. The number of benzene rings is 2. The number of anilines is 1. The van der Waals surface area contributed by atoms with Crippen LogP contribution >= 0.6 is 23.6 Å². The highest BCUT2D eigenvalue weighted by molar-refractivity contribution is 7.80. The number of hydrogen-bond acceptors (Lipinski definition) is 5. The van der Waals surface area contributed by atoms with E-state index in [1.54, 1.807) is 18.2 Å². The van der Waals surface area contributed by atoms with Gasteiger partial charge in [0.1, 0.15) is 5.75 Å². The first-order valence-corrected chi connectivity index (χ1v) is 10.2. The van der Waals surface area contributed by atoms with Gasteiger partial charge in [0.2, 0.25) is 0 Å². The number of aryl methyl sites for hydroxylation is 1. The summed E-state index contributed by atoms with van der Waals surface area (Å²) < 4.78 is 5.56. The topological polar surface area (TPSA) is 63.2 Å². The quantitative estimate of drug-likeness (QED) is 0.557. The summed E-state index contributed by atoms with van der Waals surface area (Å²) >= 11 is 6.68. The molecule has 0 spiro atoms. The zero-order valence-electron chi connectivity index (χ0n) is 15.7. The number of nitrogens with zero attached hydrogens (tertiary/aromatic N) is 1. The smallest absolute Gasteiger partial charge is 0.257 e. The van der Waals surface area contributed by atoms with Crippen LogP contribution in [0, 0.1) is 6.92 Å². The van der Waals surface area contributed by atoms with Crippen molar-refractivity contribution in [1.82, 2.24) is 10.3 Å². The minimum atomic E-state index is -0.297. The van der Waals surface area contributed by atoms with Crippen molar-refractivity contribution in [2.24, 2.45) is 0 Å². The highest BCUT2D eigenvalue weighted by atomic mass is 32.1. The number of thiazole rings is 1. The van der Waals surface area contributed by atoms with E-state index < -0.39 is 0 Å². The third kappa shape index (κ3) is 5.37. The summed E-state index contributed by atoms with van der Waals surface area (Å²) in [7, 11) is 0. The van der Waals surface area contributed by atoms with Crippen molar-refractivity contribution < 1.29 is 9.53 Å². The molecule has 0 fully saturated rings. The lowest BCUT2D eigenvalue weighted by Gasteiger charge is -2.09. The van der Waals surface area contributed by atoms with E-state index in [1.807, 2.05) is 49.6 Å². The van der Waals surface area contributed by atoms with E-state index in [4.69, 9.17) is 17.0 Å². The molecule has 0 saturated carbocycles. The molecular weight excluding hydrogens is 390 g/mol. The minimum Gasteiger partial charge on any atom is -0.494 e. The molecular formula is C21H21N3O2S2. The number of rotatable bonds is 6. The Morgan fingerprint density at radius 2 is 2.00 bits per heavy atom. The van der Waals surface area contributed by atoms with Crippen LogP contribution in [0.4, 0.5) is 5.13 Å². The van der Waals surface area contributed by atoms with E-state index in [0.717, 1.165) is 17.7 Å². The zero-order chi connectivity index (χ0) is 19.9. The van der Waals surface area contributed by atoms with Crippen LogP contribution in [0.2, 0.25) is 0 Å². The van der Waals surface area contributed by atoms with Crippen molar-refractivity contribution in [1.29, 1.82) is 0 Å². The number of hydrogen-bond donors (Lipinski definition) is 2. The maximum atomic E-state index is 12.4. The lowest BCUT2D eigenvalue weighted by atomic mass is 10.1.